The van der Waals surface area contributed by atoms with Crippen LogP contribution in [0, 0.1) is 5.82 Å². The standard InChI is InChI=1S/C21H17ClF3N3O2/c22-14-3-6-16-12(14)2-5-17(27-16)18(29)8-11-1-4-15(23)13(7-11)21(20(24)25)10-30-9-19(26)28-21/h1-5,7,20H,6,8-10H2,(H2,26,28)/t21-/m0/s1. The van der Waals surface area contributed by atoms with Crippen LogP contribution in [0.2, 0.25) is 0 Å². The number of nitrogens with zero attached hydrogens (tertiary/aromatic N) is 2. The van der Waals surface area contributed by atoms with E-state index in [2.05, 4.69) is 9.98 Å². The van der Waals surface area contributed by atoms with Gasteiger partial charge in [-0.3, -0.25) is 9.79 Å². The maximum absolute atomic E-state index is 14.5. The third kappa shape index (κ3) is 3.61. The van der Waals surface area contributed by atoms with Crippen LogP contribution in [0.15, 0.2) is 41.4 Å². The molecule has 1 aliphatic heterocycles. The number of nitrogens with two attached hydrogens (primary N) is 1. The number of allylic oxidation sites excluding steroid dienone is 1. The first-order valence-electron chi connectivity index (χ1n) is 9.18. The number of rotatable bonds is 5. The molecule has 30 heavy (non-hydrogen) atoms. The molecule has 2 heterocycles. The minimum absolute atomic E-state index is 0.100. The Balaban J connectivity index is 1.64. The molecule has 0 spiro atoms. The summed E-state index contributed by atoms with van der Waals surface area (Å²) in [5, 5.41) is 0.589. The Bertz CT molecular complexity index is 1090. The Kier molecular flexibility index (Phi) is 5.38. The van der Waals surface area contributed by atoms with Gasteiger partial charge >= 0.3 is 0 Å². The first-order chi connectivity index (χ1) is 14.3. The summed E-state index contributed by atoms with van der Waals surface area (Å²) < 4.78 is 47.5. The second kappa shape index (κ2) is 7.85. The summed E-state index contributed by atoms with van der Waals surface area (Å²) in [7, 11) is 0. The fraction of sp³-hybridized carbons (Fsp3) is 0.286. The van der Waals surface area contributed by atoms with Crippen LogP contribution in [0.4, 0.5) is 13.2 Å². The lowest BCUT2D eigenvalue weighted by atomic mass is 9.88. The lowest BCUT2D eigenvalue weighted by Gasteiger charge is -2.33. The van der Waals surface area contributed by atoms with Gasteiger partial charge in [0.1, 0.15) is 24.0 Å². The summed E-state index contributed by atoms with van der Waals surface area (Å²) >= 11 is 6.07. The molecule has 9 heteroatoms. The molecule has 0 unspecified atom stereocenters. The van der Waals surface area contributed by atoms with E-state index in [1.54, 1.807) is 12.1 Å². The smallest absolute Gasteiger partial charge is 0.269 e. The first kappa shape index (κ1) is 20.6. The summed E-state index contributed by atoms with van der Waals surface area (Å²) in [5.74, 6) is -1.34. The van der Waals surface area contributed by atoms with Crippen molar-refractivity contribution >= 4 is 28.3 Å². The van der Waals surface area contributed by atoms with Crippen LogP contribution in [0.3, 0.4) is 0 Å². The minimum atomic E-state index is -3.05. The van der Waals surface area contributed by atoms with Crippen LogP contribution in [0.25, 0.3) is 5.03 Å². The van der Waals surface area contributed by atoms with Crippen LogP contribution in [0.5, 0.6) is 0 Å². The Morgan fingerprint density at radius 2 is 2.10 bits per heavy atom. The number of benzene rings is 1. The number of hydrogen-bond acceptors (Lipinski definition) is 5. The molecule has 0 radical (unpaired) electrons. The lowest BCUT2D eigenvalue weighted by molar-refractivity contribution is -0.0146. The fourth-order valence-electron chi connectivity index (χ4n) is 3.62. The van der Waals surface area contributed by atoms with E-state index in [9.17, 15) is 18.0 Å². The van der Waals surface area contributed by atoms with E-state index in [-0.39, 0.29) is 35.9 Å². The van der Waals surface area contributed by atoms with Crippen molar-refractivity contribution in [1.29, 1.82) is 0 Å². The zero-order valence-corrected chi connectivity index (χ0v) is 16.4. The molecule has 4 rings (SSSR count). The molecule has 0 bridgehead atoms. The third-order valence-electron chi connectivity index (χ3n) is 5.13. The zero-order valence-electron chi connectivity index (χ0n) is 15.7. The number of aromatic nitrogens is 1. The lowest BCUT2D eigenvalue weighted by Crippen LogP contribution is -2.45. The molecule has 1 aliphatic carbocycles. The molecule has 2 aliphatic rings. The molecule has 156 valence electrons. The molecule has 1 atom stereocenters. The van der Waals surface area contributed by atoms with E-state index in [4.69, 9.17) is 22.1 Å². The van der Waals surface area contributed by atoms with Gasteiger partial charge in [-0.05, 0) is 29.8 Å². The summed E-state index contributed by atoms with van der Waals surface area (Å²) in [6.07, 6.45) is -0.846. The highest BCUT2D eigenvalue weighted by atomic mass is 35.5. The number of carbonyl (C=O) groups is 1. The monoisotopic (exact) mass is 435 g/mol. The molecule has 5 nitrogen and oxygen atoms in total. The number of Topliss-reactive ketones (excluding diaryl/α,β-unsaturated/α-hetero) is 1. The molecular weight excluding hydrogens is 419 g/mol. The van der Waals surface area contributed by atoms with Gasteiger partial charge in [0.15, 0.2) is 11.3 Å². The number of pyridine rings is 1. The second-order valence-electron chi connectivity index (χ2n) is 7.18. The summed E-state index contributed by atoms with van der Waals surface area (Å²) in [6.45, 7) is -0.614. The minimum Gasteiger partial charge on any atom is -0.385 e. The van der Waals surface area contributed by atoms with Gasteiger partial charge < -0.3 is 10.5 Å². The molecule has 0 saturated carbocycles. The predicted molar refractivity (Wildman–Crippen MR) is 106 cm³/mol. The number of ketones is 1. The van der Waals surface area contributed by atoms with E-state index < -0.39 is 24.4 Å². The van der Waals surface area contributed by atoms with E-state index in [1.165, 1.54) is 12.1 Å². The predicted octanol–water partition coefficient (Wildman–Crippen LogP) is 3.63. The Hall–Kier alpha value is -2.71. The van der Waals surface area contributed by atoms with E-state index in [0.717, 1.165) is 11.6 Å². The van der Waals surface area contributed by atoms with Gasteiger partial charge in [0, 0.05) is 29.0 Å². The van der Waals surface area contributed by atoms with Gasteiger partial charge in [-0.2, -0.15) is 0 Å². The van der Waals surface area contributed by atoms with Crippen LogP contribution < -0.4 is 5.73 Å². The Morgan fingerprint density at radius 3 is 2.83 bits per heavy atom. The van der Waals surface area contributed by atoms with Crippen LogP contribution >= 0.6 is 11.6 Å². The summed E-state index contributed by atoms with van der Waals surface area (Å²) in [5.41, 5.74) is 5.04. The third-order valence-corrected chi connectivity index (χ3v) is 5.49. The van der Waals surface area contributed by atoms with Crippen LogP contribution in [-0.4, -0.2) is 36.2 Å². The van der Waals surface area contributed by atoms with Crippen molar-refractivity contribution in [1.82, 2.24) is 4.98 Å². The zero-order chi connectivity index (χ0) is 21.5. The van der Waals surface area contributed by atoms with Gasteiger partial charge in [0.2, 0.25) is 0 Å². The van der Waals surface area contributed by atoms with Crippen LogP contribution in [-0.2, 0) is 23.1 Å². The fourth-order valence-corrected chi connectivity index (χ4v) is 3.86. The van der Waals surface area contributed by atoms with Crippen molar-refractivity contribution in [2.45, 2.75) is 24.8 Å². The number of carbonyl (C=O) groups excluding carboxylic acids is 1. The van der Waals surface area contributed by atoms with E-state index in [0.29, 0.717) is 22.7 Å². The average molecular weight is 436 g/mol. The summed E-state index contributed by atoms with van der Waals surface area (Å²) in [6, 6.07) is 6.92. The molecular formula is C21H17ClF3N3O2. The average Bonchev–Trinajstić information content (AvgIpc) is 3.09. The summed E-state index contributed by atoms with van der Waals surface area (Å²) in [4.78, 5) is 20.9. The van der Waals surface area contributed by atoms with Crippen molar-refractivity contribution in [2.75, 3.05) is 13.2 Å². The maximum Gasteiger partial charge on any atom is 0.269 e. The molecule has 2 aromatic rings. The Labute approximate surface area is 175 Å². The number of amidine groups is 1. The maximum atomic E-state index is 14.5. The number of fused-ring (bicyclic) bond motifs is 1. The SMILES string of the molecule is NC1=N[C@@](c2cc(CC(=O)c3ccc4c(n3)CC=C4Cl)ccc2F)(C(F)F)COC1. The normalized spacial score (nSPS) is 20.7. The van der Waals surface area contributed by atoms with E-state index >= 15 is 0 Å². The number of aliphatic imine (C=N–C) groups is 1. The van der Waals surface area contributed by atoms with Crippen molar-refractivity contribution in [3.05, 3.63) is 70.3 Å². The molecule has 0 saturated heterocycles. The highest BCUT2D eigenvalue weighted by Gasteiger charge is 2.46. The van der Waals surface area contributed by atoms with Crippen molar-refractivity contribution in [3.8, 4) is 0 Å². The van der Waals surface area contributed by atoms with Crippen molar-refractivity contribution in [2.24, 2.45) is 10.7 Å². The quantitative estimate of drug-likeness (QED) is 0.727. The molecule has 2 N–H and O–H groups in total. The second-order valence-corrected chi connectivity index (χ2v) is 7.59. The highest BCUT2D eigenvalue weighted by molar-refractivity contribution is 6.49. The van der Waals surface area contributed by atoms with Gasteiger partial charge in [0.25, 0.3) is 6.43 Å². The van der Waals surface area contributed by atoms with Gasteiger partial charge in [-0.25, -0.2) is 18.2 Å². The van der Waals surface area contributed by atoms with Gasteiger partial charge in [0.05, 0.1) is 12.3 Å². The Morgan fingerprint density at radius 1 is 1.30 bits per heavy atom. The van der Waals surface area contributed by atoms with Crippen LogP contribution in [0.1, 0.15) is 32.9 Å². The highest BCUT2D eigenvalue weighted by Crippen LogP contribution is 2.37. The topological polar surface area (TPSA) is 77.6 Å². The molecule has 1 aromatic carbocycles. The van der Waals surface area contributed by atoms with Gasteiger partial charge in [-0.15, -0.1) is 0 Å². The first-order valence-corrected chi connectivity index (χ1v) is 9.56. The number of hydrogen-bond donors (Lipinski definition) is 1. The molecule has 1 aromatic heterocycles. The van der Waals surface area contributed by atoms with E-state index in [1.807, 2.05) is 6.08 Å². The largest absolute Gasteiger partial charge is 0.385 e. The molecule has 0 amide bonds. The number of ether oxygens (including phenoxy) is 1. The van der Waals surface area contributed by atoms with Gasteiger partial charge in [-0.1, -0.05) is 23.7 Å². The number of alkyl halides is 2. The molecule has 0 fully saturated rings. The number of halogens is 4. The van der Waals surface area contributed by atoms with Crippen molar-refractivity contribution in [3.63, 3.8) is 0 Å². The van der Waals surface area contributed by atoms with Crippen molar-refractivity contribution < 1.29 is 22.7 Å².